The number of rotatable bonds is 2. The van der Waals surface area contributed by atoms with Gasteiger partial charge in [0.05, 0.1) is 17.3 Å². The topological polar surface area (TPSA) is 89.0 Å². The number of fused-ring (bicyclic) bond motifs is 1. The number of aromatic nitrogens is 1. The number of pyridine rings is 1. The fraction of sp³-hybridized carbons (Fsp3) is 0. The number of amides is 1. The zero-order valence-electron chi connectivity index (χ0n) is 11.7. The number of carbonyl (C=O) groups is 1. The summed E-state index contributed by atoms with van der Waals surface area (Å²) < 4.78 is 0. The van der Waals surface area contributed by atoms with Gasteiger partial charge < -0.3 is 5.11 Å². The summed E-state index contributed by atoms with van der Waals surface area (Å²) in [5.41, 5.74) is 1.27. The SMILES string of the molecule is O=C(N=[N+]=Nc1cnc2ccccc2c1)c1cc(Cl)ccc1O. The Kier molecular flexibility index (Phi) is 4.10. The molecule has 6 nitrogen and oxygen atoms in total. The van der Waals surface area contributed by atoms with E-state index >= 15 is 0 Å². The average molecular weight is 326 g/mol. The molecule has 1 heterocycles. The minimum atomic E-state index is -0.734. The van der Waals surface area contributed by atoms with E-state index in [9.17, 15) is 9.90 Å². The molecule has 2 aromatic carbocycles. The van der Waals surface area contributed by atoms with E-state index in [-0.39, 0.29) is 11.3 Å². The van der Waals surface area contributed by atoms with Gasteiger partial charge in [-0.2, -0.15) is 0 Å². The molecular formula is C16H10ClN4O2+. The van der Waals surface area contributed by atoms with Crippen molar-refractivity contribution in [2.45, 2.75) is 0 Å². The van der Waals surface area contributed by atoms with Crippen molar-refractivity contribution in [3.8, 4) is 5.75 Å². The van der Waals surface area contributed by atoms with Crippen LogP contribution >= 0.6 is 11.6 Å². The zero-order valence-corrected chi connectivity index (χ0v) is 12.5. The van der Waals surface area contributed by atoms with Crippen LogP contribution in [0.5, 0.6) is 5.75 Å². The van der Waals surface area contributed by atoms with Gasteiger partial charge >= 0.3 is 5.91 Å². The number of benzene rings is 2. The van der Waals surface area contributed by atoms with Crippen LogP contribution in [0.1, 0.15) is 10.4 Å². The molecule has 1 amide bonds. The number of nitrogens with zero attached hydrogens (tertiary/aromatic N) is 4. The quantitative estimate of drug-likeness (QED) is 0.569. The summed E-state index contributed by atoms with van der Waals surface area (Å²) in [5.74, 6) is -0.951. The Hall–Kier alpha value is -3.08. The lowest BCUT2D eigenvalue weighted by Gasteiger charge is -1.96. The molecule has 0 spiro atoms. The molecule has 23 heavy (non-hydrogen) atoms. The second-order valence-electron chi connectivity index (χ2n) is 4.64. The van der Waals surface area contributed by atoms with Gasteiger partial charge in [0, 0.05) is 10.4 Å². The van der Waals surface area contributed by atoms with Crippen LogP contribution in [0.25, 0.3) is 10.9 Å². The molecule has 0 saturated carbocycles. The van der Waals surface area contributed by atoms with E-state index in [1.165, 1.54) is 24.4 Å². The van der Waals surface area contributed by atoms with E-state index in [0.717, 1.165) is 10.9 Å². The van der Waals surface area contributed by atoms with Crippen molar-refractivity contribution in [1.29, 1.82) is 0 Å². The van der Waals surface area contributed by atoms with Crippen LogP contribution in [0.2, 0.25) is 5.02 Å². The monoisotopic (exact) mass is 325 g/mol. The van der Waals surface area contributed by atoms with Crippen molar-refractivity contribution in [3.05, 3.63) is 65.3 Å². The third-order valence-electron chi connectivity index (χ3n) is 3.06. The summed E-state index contributed by atoms with van der Waals surface area (Å²) in [6, 6.07) is 13.4. The molecule has 0 aliphatic rings. The maximum Gasteiger partial charge on any atom is 0.364 e. The number of carbonyl (C=O) groups excluding carboxylic acids is 1. The van der Waals surface area contributed by atoms with Crippen molar-refractivity contribution in [2.75, 3.05) is 0 Å². The second-order valence-corrected chi connectivity index (χ2v) is 5.08. The van der Waals surface area contributed by atoms with Gasteiger partial charge in [-0.3, -0.25) is 9.78 Å². The molecule has 112 valence electrons. The normalized spacial score (nSPS) is 10.1. The smallest absolute Gasteiger partial charge is 0.364 e. The highest BCUT2D eigenvalue weighted by atomic mass is 35.5. The van der Waals surface area contributed by atoms with E-state index in [4.69, 9.17) is 11.6 Å². The van der Waals surface area contributed by atoms with Gasteiger partial charge in [0.15, 0.2) is 10.8 Å². The highest BCUT2D eigenvalue weighted by molar-refractivity contribution is 6.31. The van der Waals surface area contributed by atoms with Crippen molar-refractivity contribution in [3.63, 3.8) is 0 Å². The van der Waals surface area contributed by atoms with Crippen LogP contribution in [0, 0.1) is 0 Å². The molecule has 7 heteroatoms. The van der Waals surface area contributed by atoms with E-state index in [2.05, 4.69) is 20.1 Å². The van der Waals surface area contributed by atoms with Gasteiger partial charge in [0.2, 0.25) is 10.0 Å². The number of phenols is 1. The van der Waals surface area contributed by atoms with E-state index in [1.807, 2.05) is 24.3 Å². The molecule has 0 bridgehead atoms. The maximum atomic E-state index is 11.9. The lowest BCUT2D eigenvalue weighted by molar-refractivity contribution is 0.0990. The molecular weight excluding hydrogens is 316 g/mol. The Labute approximate surface area is 135 Å². The molecule has 3 aromatic rings. The lowest BCUT2D eigenvalue weighted by Crippen LogP contribution is -1.95. The number of hydrogen-bond donors (Lipinski definition) is 1. The van der Waals surface area contributed by atoms with Crippen LogP contribution in [0.4, 0.5) is 5.69 Å². The van der Waals surface area contributed by atoms with Crippen molar-refractivity contribution in [2.24, 2.45) is 10.2 Å². The van der Waals surface area contributed by atoms with Crippen molar-refractivity contribution in [1.82, 2.24) is 9.90 Å². The summed E-state index contributed by atoms with van der Waals surface area (Å²) in [5, 5.41) is 18.1. The van der Waals surface area contributed by atoms with Crippen LogP contribution in [0.3, 0.4) is 0 Å². The number of phenolic OH excluding ortho intramolecular Hbond substituents is 1. The third-order valence-corrected chi connectivity index (χ3v) is 3.30. The highest BCUT2D eigenvalue weighted by Gasteiger charge is 2.15. The predicted molar refractivity (Wildman–Crippen MR) is 85.8 cm³/mol. The highest BCUT2D eigenvalue weighted by Crippen LogP contribution is 2.22. The van der Waals surface area contributed by atoms with Gasteiger partial charge in [-0.1, -0.05) is 29.8 Å². The first kappa shape index (κ1) is 14.8. The fourth-order valence-electron chi connectivity index (χ4n) is 1.96. The Morgan fingerprint density at radius 1 is 1.17 bits per heavy atom. The van der Waals surface area contributed by atoms with Gasteiger partial charge in [-0.05, 0) is 30.3 Å². The largest absolute Gasteiger partial charge is 0.507 e. The van der Waals surface area contributed by atoms with Gasteiger partial charge in [0.1, 0.15) is 5.75 Å². The first-order valence-corrected chi connectivity index (χ1v) is 7.01. The predicted octanol–water partition coefficient (Wildman–Crippen LogP) is 4.04. The van der Waals surface area contributed by atoms with E-state index in [1.54, 1.807) is 6.07 Å². The number of hydrogen-bond acceptors (Lipinski definition) is 4. The Morgan fingerprint density at radius 3 is 2.87 bits per heavy atom. The standard InChI is InChI=1S/C16H9ClN4O2/c17-11-5-6-15(22)13(8-11)16(23)20-21-19-12-7-10-3-1-2-4-14(10)18-9-12/h1-9H/p+1. The molecule has 0 aliphatic carbocycles. The molecule has 0 aliphatic heterocycles. The number of halogens is 1. The maximum absolute atomic E-state index is 11.9. The summed E-state index contributed by atoms with van der Waals surface area (Å²) in [4.78, 5) is 19.6. The number of aromatic hydroxyl groups is 1. The summed E-state index contributed by atoms with van der Waals surface area (Å²) in [6.07, 6.45) is 1.53. The van der Waals surface area contributed by atoms with Gasteiger partial charge in [-0.25, -0.2) is 0 Å². The molecule has 0 atom stereocenters. The van der Waals surface area contributed by atoms with Gasteiger partial charge in [0.25, 0.3) is 0 Å². The summed E-state index contributed by atoms with van der Waals surface area (Å²) >= 11 is 5.78. The summed E-state index contributed by atoms with van der Waals surface area (Å²) in [6.45, 7) is 0. The Balaban J connectivity index is 1.86. The van der Waals surface area contributed by atoms with Crippen LogP contribution in [-0.4, -0.2) is 16.0 Å². The van der Waals surface area contributed by atoms with E-state index in [0.29, 0.717) is 10.7 Å². The Morgan fingerprint density at radius 2 is 2.00 bits per heavy atom. The third kappa shape index (κ3) is 3.40. The van der Waals surface area contributed by atoms with Crippen LogP contribution in [0.15, 0.2) is 65.0 Å². The minimum absolute atomic E-state index is 0.0342. The zero-order chi connectivity index (χ0) is 16.2. The molecule has 0 saturated heterocycles. The van der Waals surface area contributed by atoms with Crippen LogP contribution < -0.4 is 4.91 Å². The first-order valence-electron chi connectivity index (χ1n) is 6.63. The summed E-state index contributed by atoms with van der Waals surface area (Å²) in [7, 11) is 0. The average Bonchev–Trinajstić information content (AvgIpc) is 2.57. The van der Waals surface area contributed by atoms with Crippen molar-refractivity contribution < 1.29 is 9.90 Å². The lowest BCUT2D eigenvalue weighted by atomic mass is 10.2. The van der Waals surface area contributed by atoms with Crippen molar-refractivity contribution >= 4 is 34.1 Å². The minimum Gasteiger partial charge on any atom is -0.507 e. The first-order chi connectivity index (χ1) is 11.1. The molecule has 3 rings (SSSR count). The molecule has 0 radical (unpaired) electrons. The van der Waals surface area contributed by atoms with Crippen LogP contribution in [-0.2, 0) is 0 Å². The molecule has 0 fully saturated rings. The molecule has 1 aromatic heterocycles. The molecule has 1 N–H and O–H groups in total. The molecule has 0 unspecified atom stereocenters. The second kappa shape index (κ2) is 6.36. The Bertz CT molecular complexity index is 965. The number of para-hydroxylation sites is 1. The fourth-order valence-corrected chi connectivity index (χ4v) is 2.13. The van der Waals surface area contributed by atoms with Gasteiger partial charge in [-0.15, -0.1) is 0 Å². The van der Waals surface area contributed by atoms with E-state index < -0.39 is 5.91 Å².